The molecule has 1 saturated heterocycles. The Bertz CT molecular complexity index is 526. The molecule has 0 aliphatic carbocycles. The van der Waals surface area contributed by atoms with E-state index in [2.05, 4.69) is 10.3 Å². The highest BCUT2D eigenvalue weighted by atomic mass is 32.1. The number of aryl methyl sites for hydroxylation is 1. The second-order valence-corrected chi connectivity index (χ2v) is 6.20. The van der Waals surface area contributed by atoms with Crippen LogP contribution in [0.2, 0.25) is 0 Å². The third kappa shape index (κ3) is 4.09. The predicted molar refractivity (Wildman–Crippen MR) is 84.0 cm³/mol. The van der Waals surface area contributed by atoms with Gasteiger partial charge in [0.25, 0.3) is 0 Å². The smallest absolute Gasteiger partial charge is 0.409 e. The molecule has 2 heterocycles. The Hall–Kier alpha value is -1.83. The first kappa shape index (κ1) is 16.5. The number of nitrogens with zero attached hydrogens (tertiary/aromatic N) is 3. The summed E-state index contributed by atoms with van der Waals surface area (Å²) in [6.07, 6.45) is -0.311. The van der Waals surface area contributed by atoms with Gasteiger partial charge in [-0.25, -0.2) is 14.6 Å². The van der Waals surface area contributed by atoms with Gasteiger partial charge in [0.1, 0.15) is 0 Å². The average Bonchev–Trinajstić information content (AvgIpc) is 2.94. The molecule has 0 unspecified atom stereocenters. The maximum absolute atomic E-state index is 12.2. The number of hydrogen-bond donors (Lipinski definition) is 1. The van der Waals surface area contributed by atoms with E-state index in [0.29, 0.717) is 32.8 Å². The van der Waals surface area contributed by atoms with E-state index in [9.17, 15) is 9.59 Å². The molecule has 3 amide bonds. The molecular formula is C14H22N4O3S. The lowest BCUT2D eigenvalue weighted by molar-refractivity contribution is 0.0848. The summed E-state index contributed by atoms with van der Waals surface area (Å²) in [5, 5.41) is 5.89. The normalized spacial score (nSPS) is 16.3. The monoisotopic (exact) mass is 326 g/mol. The van der Waals surface area contributed by atoms with E-state index >= 15 is 0 Å². The number of urea groups is 1. The number of thiazole rings is 1. The molecule has 22 heavy (non-hydrogen) atoms. The van der Waals surface area contributed by atoms with Crippen molar-refractivity contribution in [2.45, 2.75) is 26.8 Å². The van der Waals surface area contributed by atoms with Gasteiger partial charge < -0.3 is 19.9 Å². The average molecular weight is 326 g/mol. The molecule has 1 atom stereocenters. The lowest BCUT2D eigenvalue weighted by atomic mass is 10.2. The van der Waals surface area contributed by atoms with Gasteiger partial charge in [-0.05, 0) is 20.8 Å². The fraction of sp³-hybridized carbons (Fsp3) is 0.643. The molecule has 1 aromatic rings. The van der Waals surface area contributed by atoms with Crippen LogP contribution in [0.4, 0.5) is 9.59 Å². The van der Waals surface area contributed by atoms with E-state index in [1.165, 1.54) is 0 Å². The molecule has 0 aromatic carbocycles. The minimum atomic E-state index is -0.311. The molecule has 8 heteroatoms. The van der Waals surface area contributed by atoms with Crippen molar-refractivity contribution in [1.29, 1.82) is 0 Å². The molecule has 0 bridgehead atoms. The second kappa shape index (κ2) is 7.44. The van der Waals surface area contributed by atoms with Crippen LogP contribution in [0.25, 0.3) is 0 Å². The quantitative estimate of drug-likeness (QED) is 0.922. The Morgan fingerprint density at radius 1 is 1.36 bits per heavy atom. The van der Waals surface area contributed by atoms with Crippen LogP contribution in [-0.2, 0) is 4.74 Å². The predicted octanol–water partition coefficient (Wildman–Crippen LogP) is 2.00. The van der Waals surface area contributed by atoms with Gasteiger partial charge in [0.2, 0.25) is 0 Å². The van der Waals surface area contributed by atoms with Crippen molar-refractivity contribution in [2.75, 3.05) is 32.8 Å². The van der Waals surface area contributed by atoms with Crippen LogP contribution in [-0.4, -0.2) is 59.7 Å². The van der Waals surface area contributed by atoms with Gasteiger partial charge in [-0.1, -0.05) is 0 Å². The molecule has 1 fully saturated rings. The number of carbonyl (C=O) groups excluding carboxylic acids is 2. The maximum atomic E-state index is 12.2. The van der Waals surface area contributed by atoms with E-state index in [1.54, 1.807) is 28.1 Å². The second-order valence-electron chi connectivity index (χ2n) is 5.14. The summed E-state index contributed by atoms with van der Waals surface area (Å²) in [4.78, 5) is 31.6. The first-order valence-corrected chi connectivity index (χ1v) is 8.28. The van der Waals surface area contributed by atoms with Crippen molar-refractivity contribution < 1.29 is 14.3 Å². The molecule has 122 valence electrons. The molecule has 1 aromatic heterocycles. The lowest BCUT2D eigenvalue weighted by Crippen LogP contribution is -2.53. The molecular weight excluding hydrogens is 304 g/mol. The maximum Gasteiger partial charge on any atom is 0.409 e. The number of aromatic nitrogens is 1. The third-order valence-corrected chi connectivity index (χ3v) is 4.31. The summed E-state index contributed by atoms with van der Waals surface area (Å²) < 4.78 is 4.96. The zero-order valence-corrected chi connectivity index (χ0v) is 14.0. The summed E-state index contributed by atoms with van der Waals surface area (Å²) in [6, 6.07) is -0.248. The minimum absolute atomic E-state index is 0.123. The first-order chi connectivity index (χ1) is 10.5. The summed E-state index contributed by atoms with van der Waals surface area (Å²) >= 11 is 1.57. The zero-order chi connectivity index (χ0) is 16.1. The van der Waals surface area contributed by atoms with E-state index in [4.69, 9.17) is 4.74 Å². The van der Waals surface area contributed by atoms with Crippen LogP contribution >= 0.6 is 11.3 Å². The Balaban J connectivity index is 1.81. The fourth-order valence-electron chi connectivity index (χ4n) is 2.24. The van der Waals surface area contributed by atoms with Gasteiger partial charge >= 0.3 is 12.1 Å². The minimum Gasteiger partial charge on any atom is -0.450 e. The Labute approximate surface area is 134 Å². The van der Waals surface area contributed by atoms with Crippen molar-refractivity contribution in [3.8, 4) is 0 Å². The van der Waals surface area contributed by atoms with Gasteiger partial charge in [0, 0.05) is 31.6 Å². The van der Waals surface area contributed by atoms with Crippen LogP contribution in [0.1, 0.15) is 30.6 Å². The highest BCUT2D eigenvalue weighted by molar-refractivity contribution is 7.09. The summed E-state index contributed by atoms with van der Waals surface area (Å²) in [7, 11) is 0. The number of amides is 3. The third-order valence-electron chi connectivity index (χ3n) is 3.51. The van der Waals surface area contributed by atoms with Gasteiger partial charge in [-0.2, -0.15) is 0 Å². The molecule has 0 spiro atoms. The van der Waals surface area contributed by atoms with Gasteiger partial charge in [0.05, 0.1) is 23.4 Å². The van der Waals surface area contributed by atoms with Crippen molar-refractivity contribution in [3.05, 3.63) is 16.1 Å². The fourth-order valence-corrected chi connectivity index (χ4v) is 2.94. The van der Waals surface area contributed by atoms with E-state index < -0.39 is 0 Å². The van der Waals surface area contributed by atoms with E-state index in [1.807, 2.05) is 19.2 Å². The van der Waals surface area contributed by atoms with E-state index in [0.717, 1.165) is 10.7 Å². The van der Waals surface area contributed by atoms with Gasteiger partial charge in [0.15, 0.2) is 0 Å². The molecule has 1 aliphatic rings. The molecule has 1 N–H and O–H groups in total. The Kier molecular flexibility index (Phi) is 5.59. The number of piperazine rings is 1. The number of ether oxygens (including phenoxy) is 1. The van der Waals surface area contributed by atoms with Crippen LogP contribution < -0.4 is 5.32 Å². The van der Waals surface area contributed by atoms with Crippen molar-refractivity contribution >= 4 is 23.5 Å². The molecule has 7 nitrogen and oxygen atoms in total. The van der Waals surface area contributed by atoms with E-state index in [-0.39, 0.29) is 18.2 Å². The highest BCUT2D eigenvalue weighted by Gasteiger charge is 2.25. The largest absolute Gasteiger partial charge is 0.450 e. The Morgan fingerprint density at radius 3 is 2.55 bits per heavy atom. The van der Waals surface area contributed by atoms with Crippen LogP contribution in [0, 0.1) is 6.92 Å². The highest BCUT2D eigenvalue weighted by Crippen LogP contribution is 2.16. The molecule has 0 radical (unpaired) electrons. The number of nitrogens with one attached hydrogen (secondary N) is 1. The van der Waals surface area contributed by atoms with Crippen LogP contribution in [0.3, 0.4) is 0 Å². The number of rotatable bonds is 3. The van der Waals surface area contributed by atoms with Gasteiger partial charge in [-0.3, -0.25) is 0 Å². The van der Waals surface area contributed by atoms with Crippen molar-refractivity contribution in [2.24, 2.45) is 0 Å². The van der Waals surface area contributed by atoms with Crippen LogP contribution in [0.5, 0.6) is 0 Å². The van der Waals surface area contributed by atoms with Crippen molar-refractivity contribution in [1.82, 2.24) is 20.1 Å². The summed E-state index contributed by atoms with van der Waals surface area (Å²) in [5.41, 5.74) is 0.876. The standard InChI is InChI=1S/C14H22N4O3S/c1-4-21-14(20)18-7-5-17(6-8-18)13(19)15-10(2)12-9-22-11(3)16-12/h9-10H,4-8H2,1-3H3,(H,15,19)/t10-/m0/s1. The SMILES string of the molecule is CCOC(=O)N1CCN(C(=O)N[C@@H](C)c2csc(C)n2)CC1. The topological polar surface area (TPSA) is 74.8 Å². The zero-order valence-electron chi connectivity index (χ0n) is 13.2. The molecule has 2 rings (SSSR count). The van der Waals surface area contributed by atoms with Gasteiger partial charge in [-0.15, -0.1) is 11.3 Å². The first-order valence-electron chi connectivity index (χ1n) is 7.40. The summed E-state index contributed by atoms with van der Waals surface area (Å²) in [5.74, 6) is 0. The lowest BCUT2D eigenvalue weighted by Gasteiger charge is -2.34. The molecule has 1 aliphatic heterocycles. The number of carbonyl (C=O) groups is 2. The number of hydrogen-bond acceptors (Lipinski definition) is 5. The molecule has 0 saturated carbocycles. The van der Waals surface area contributed by atoms with Crippen molar-refractivity contribution in [3.63, 3.8) is 0 Å². The van der Waals surface area contributed by atoms with Crippen LogP contribution in [0.15, 0.2) is 5.38 Å². The Morgan fingerprint density at radius 2 is 2.00 bits per heavy atom. The summed E-state index contributed by atoms with van der Waals surface area (Å²) in [6.45, 7) is 8.01.